The second kappa shape index (κ2) is 5.32. The summed E-state index contributed by atoms with van der Waals surface area (Å²) in [5.41, 5.74) is 14.3. The van der Waals surface area contributed by atoms with E-state index in [1.807, 2.05) is 42.5 Å². The van der Waals surface area contributed by atoms with Crippen molar-refractivity contribution in [3.05, 3.63) is 54.6 Å². The highest BCUT2D eigenvalue weighted by Gasteiger charge is 2.02. The van der Waals surface area contributed by atoms with Gasteiger partial charge in [0.15, 0.2) is 5.11 Å². The average molecular weight is 243 g/mol. The molecular weight excluding hydrogens is 230 g/mol. The molecule has 0 spiro atoms. The molecule has 2 aromatic carbocycles. The SMILES string of the molecule is NC(=S)NNc1ccccc1-c1ccccc1. The van der Waals surface area contributed by atoms with Gasteiger partial charge in [0.2, 0.25) is 0 Å². The van der Waals surface area contributed by atoms with Crippen LogP contribution in [0.15, 0.2) is 54.6 Å². The number of nitrogens with two attached hydrogens (primary N) is 1. The Morgan fingerprint density at radius 1 is 0.941 bits per heavy atom. The van der Waals surface area contributed by atoms with E-state index in [4.69, 9.17) is 18.0 Å². The highest BCUT2D eigenvalue weighted by atomic mass is 32.1. The third-order valence-electron chi connectivity index (χ3n) is 2.33. The first-order valence-electron chi connectivity index (χ1n) is 5.23. The molecule has 2 aromatic rings. The molecule has 0 bridgehead atoms. The molecular formula is C13H13N3S. The quantitative estimate of drug-likeness (QED) is 0.572. The minimum atomic E-state index is 0.216. The van der Waals surface area contributed by atoms with Crippen molar-refractivity contribution in [3.8, 4) is 11.1 Å². The molecule has 0 radical (unpaired) electrons. The number of hydrazine groups is 1. The number of benzene rings is 2. The number of thiocarbonyl (C=S) groups is 1. The Balaban J connectivity index is 2.31. The Labute approximate surface area is 106 Å². The molecule has 0 saturated heterocycles. The first kappa shape index (κ1) is 11.4. The van der Waals surface area contributed by atoms with Crippen molar-refractivity contribution in [3.63, 3.8) is 0 Å². The number of hydrogen-bond donors (Lipinski definition) is 3. The molecule has 0 aliphatic rings. The van der Waals surface area contributed by atoms with Crippen LogP contribution in [0, 0.1) is 0 Å². The highest BCUT2D eigenvalue weighted by molar-refractivity contribution is 7.80. The summed E-state index contributed by atoms with van der Waals surface area (Å²) in [5, 5.41) is 0.216. The van der Waals surface area contributed by atoms with Crippen molar-refractivity contribution in [1.29, 1.82) is 0 Å². The maximum absolute atomic E-state index is 5.39. The molecule has 4 heteroatoms. The number of rotatable bonds is 3. The molecule has 2 rings (SSSR count). The normalized spacial score (nSPS) is 9.65. The Morgan fingerprint density at radius 2 is 1.59 bits per heavy atom. The van der Waals surface area contributed by atoms with Crippen molar-refractivity contribution in [2.45, 2.75) is 0 Å². The van der Waals surface area contributed by atoms with Crippen LogP contribution in [0.3, 0.4) is 0 Å². The summed E-state index contributed by atoms with van der Waals surface area (Å²) in [6, 6.07) is 18.1. The summed E-state index contributed by atoms with van der Waals surface area (Å²) in [5.74, 6) is 0. The molecule has 0 aliphatic carbocycles. The van der Waals surface area contributed by atoms with Crippen LogP contribution in [-0.2, 0) is 0 Å². The first-order chi connectivity index (χ1) is 8.27. The van der Waals surface area contributed by atoms with E-state index in [2.05, 4.69) is 23.0 Å². The molecule has 0 amide bonds. The van der Waals surface area contributed by atoms with Gasteiger partial charge in [0.25, 0.3) is 0 Å². The van der Waals surface area contributed by atoms with E-state index in [1.54, 1.807) is 0 Å². The minimum absolute atomic E-state index is 0.216. The zero-order chi connectivity index (χ0) is 12.1. The van der Waals surface area contributed by atoms with E-state index >= 15 is 0 Å². The maximum Gasteiger partial charge on any atom is 0.182 e. The molecule has 0 atom stereocenters. The van der Waals surface area contributed by atoms with Crippen LogP contribution in [0.1, 0.15) is 0 Å². The van der Waals surface area contributed by atoms with E-state index in [0.717, 1.165) is 16.8 Å². The van der Waals surface area contributed by atoms with E-state index in [9.17, 15) is 0 Å². The van der Waals surface area contributed by atoms with Gasteiger partial charge in [-0.2, -0.15) is 0 Å². The largest absolute Gasteiger partial charge is 0.375 e. The Kier molecular flexibility index (Phi) is 3.57. The smallest absolute Gasteiger partial charge is 0.182 e. The zero-order valence-electron chi connectivity index (χ0n) is 9.18. The molecule has 0 fully saturated rings. The fraction of sp³-hybridized carbons (Fsp3) is 0. The lowest BCUT2D eigenvalue weighted by atomic mass is 10.0. The van der Waals surface area contributed by atoms with E-state index in [0.29, 0.717) is 0 Å². The fourth-order valence-electron chi connectivity index (χ4n) is 1.59. The number of anilines is 1. The lowest BCUT2D eigenvalue weighted by molar-refractivity contribution is 1.13. The van der Waals surface area contributed by atoms with Gasteiger partial charge in [-0.05, 0) is 23.8 Å². The fourth-order valence-corrected chi connectivity index (χ4v) is 1.64. The van der Waals surface area contributed by atoms with Gasteiger partial charge in [-0.15, -0.1) is 0 Å². The monoisotopic (exact) mass is 243 g/mol. The Bertz CT molecular complexity index is 511. The van der Waals surface area contributed by atoms with Gasteiger partial charge in [0, 0.05) is 5.56 Å². The van der Waals surface area contributed by atoms with Crippen molar-refractivity contribution in [2.75, 3.05) is 5.43 Å². The highest BCUT2D eigenvalue weighted by Crippen LogP contribution is 2.26. The summed E-state index contributed by atoms with van der Waals surface area (Å²) < 4.78 is 0. The van der Waals surface area contributed by atoms with Crippen LogP contribution >= 0.6 is 12.2 Å². The topological polar surface area (TPSA) is 50.1 Å². The molecule has 17 heavy (non-hydrogen) atoms. The van der Waals surface area contributed by atoms with Crippen molar-refractivity contribution >= 4 is 23.0 Å². The summed E-state index contributed by atoms with van der Waals surface area (Å²) >= 11 is 4.76. The molecule has 0 heterocycles. The predicted octanol–water partition coefficient (Wildman–Crippen LogP) is 2.51. The average Bonchev–Trinajstić information content (AvgIpc) is 2.38. The van der Waals surface area contributed by atoms with Gasteiger partial charge >= 0.3 is 0 Å². The summed E-state index contributed by atoms with van der Waals surface area (Å²) in [6.45, 7) is 0. The zero-order valence-corrected chi connectivity index (χ0v) is 10.00. The Hall–Kier alpha value is -2.07. The molecule has 0 aromatic heterocycles. The molecule has 0 unspecified atom stereocenters. The first-order valence-corrected chi connectivity index (χ1v) is 5.64. The van der Waals surface area contributed by atoms with Crippen molar-refractivity contribution in [2.24, 2.45) is 5.73 Å². The number of para-hydroxylation sites is 1. The van der Waals surface area contributed by atoms with Crippen LogP contribution in [-0.4, -0.2) is 5.11 Å². The lowest BCUT2D eigenvalue weighted by Crippen LogP contribution is -2.34. The van der Waals surface area contributed by atoms with Gasteiger partial charge in [0.1, 0.15) is 0 Å². The summed E-state index contributed by atoms with van der Waals surface area (Å²) in [6.07, 6.45) is 0. The Morgan fingerprint density at radius 3 is 2.29 bits per heavy atom. The minimum Gasteiger partial charge on any atom is -0.375 e. The van der Waals surface area contributed by atoms with Crippen LogP contribution in [0.4, 0.5) is 5.69 Å². The van der Waals surface area contributed by atoms with Gasteiger partial charge < -0.3 is 5.73 Å². The van der Waals surface area contributed by atoms with Crippen molar-refractivity contribution < 1.29 is 0 Å². The lowest BCUT2D eigenvalue weighted by Gasteiger charge is -2.12. The summed E-state index contributed by atoms with van der Waals surface area (Å²) in [7, 11) is 0. The van der Waals surface area contributed by atoms with Crippen LogP contribution in [0.2, 0.25) is 0 Å². The predicted molar refractivity (Wildman–Crippen MR) is 75.4 cm³/mol. The third kappa shape index (κ3) is 2.95. The maximum atomic E-state index is 5.39. The van der Waals surface area contributed by atoms with Gasteiger partial charge in [-0.3, -0.25) is 10.9 Å². The van der Waals surface area contributed by atoms with Crippen LogP contribution in [0.25, 0.3) is 11.1 Å². The van der Waals surface area contributed by atoms with Gasteiger partial charge in [0.05, 0.1) is 5.69 Å². The second-order valence-electron chi connectivity index (χ2n) is 3.53. The van der Waals surface area contributed by atoms with E-state index in [1.165, 1.54) is 0 Å². The van der Waals surface area contributed by atoms with Crippen LogP contribution in [0.5, 0.6) is 0 Å². The van der Waals surface area contributed by atoms with Crippen molar-refractivity contribution in [1.82, 2.24) is 5.43 Å². The number of nitrogens with one attached hydrogen (secondary N) is 2. The molecule has 4 N–H and O–H groups in total. The third-order valence-corrected chi connectivity index (χ3v) is 2.43. The van der Waals surface area contributed by atoms with Gasteiger partial charge in [-0.25, -0.2) is 0 Å². The van der Waals surface area contributed by atoms with Gasteiger partial charge in [-0.1, -0.05) is 48.5 Å². The molecule has 86 valence electrons. The number of hydrogen-bond acceptors (Lipinski definition) is 2. The standard InChI is InChI=1S/C13H13N3S/c14-13(17)16-15-12-9-5-4-8-11(12)10-6-2-1-3-7-10/h1-9,15H,(H3,14,16,17). The molecule has 0 saturated carbocycles. The van der Waals surface area contributed by atoms with E-state index < -0.39 is 0 Å². The van der Waals surface area contributed by atoms with Crippen LogP contribution < -0.4 is 16.6 Å². The van der Waals surface area contributed by atoms with E-state index in [-0.39, 0.29) is 5.11 Å². The molecule has 3 nitrogen and oxygen atoms in total. The molecule has 0 aliphatic heterocycles. The second-order valence-corrected chi connectivity index (χ2v) is 3.97. The summed E-state index contributed by atoms with van der Waals surface area (Å²) in [4.78, 5) is 0.